The van der Waals surface area contributed by atoms with Crippen LogP contribution in [0.1, 0.15) is 27.0 Å². The van der Waals surface area contributed by atoms with Gasteiger partial charge < -0.3 is 18.5 Å². The van der Waals surface area contributed by atoms with E-state index in [1.165, 1.54) is 12.0 Å². The molecule has 0 saturated heterocycles. The first-order chi connectivity index (χ1) is 14.8. The predicted molar refractivity (Wildman–Crippen MR) is 117 cm³/mol. The van der Waals surface area contributed by atoms with Crippen LogP contribution in [-0.4, -0.2) is 26.0 Å². The molecular formula is C24H21NO6. The van der Waals surface area contributed by atoms with E-state index >= 15 is 0 Å². The first-order valence-electron chi connectivity index (χ1n) is 9.70. The van der Waals surface area contributed by atoms with Gasteiger partial charge in [0.1, 0.15) is 11.2 Å². The Bertz CT molecular complexity index is 1390. The summed E-state index contributed by atoms with van der Waals surface area (Å²) in [7, 11) is 2.84. The average Bonchev–Trinajstić information content (AvgIpc) is 3.13. The van der Waals surface area contributed by atoms with Gasteiger partial charge in [0.2, 0.25) is 5.91 Å². The third-order valence-electron chi connectivity index (χ3n) is 5.55. The molecule has 0 atom stereocenters. The van der Waals surface area contributed by atoms with Crippen molar-refractivity contribution in [3.63, 3.8) is 0 Å². The highest BCUT2D eigenvalue weighted by Gasteiger charge is 2.22. The fraction of sp³-hybridized carbons (Fsp3) is 0.208. The fourth-order valence-corrected chi connectivity index (χ4v) is 3.69. The van der Waals surface area contributed by atoms with E-state index in [0.717, 1.165) is 16.3 Å². The number of ether oxygens (including phenoxy) is 1. The number of nitrogens with zero attached hydrogens (tertiary/aromatic N) is 1. The van der Waals surface area contributed by atoms with Crippen LogP contribution in [0.2, 0.25) is 0 Å². The van der Waals surface area contributed by atoms with Gasteiger partial charge in [0.05, 0.1) is 36.6 Å². The van der Waals surface area contributed by atoms with Gasteiger partial charge >= 0.3 is 11.6 Å². The molecule has 1 amide bonds. The molecule has 31 heavy (non-hydrogen) atoms. The van der Waals surface area contributed by atoms with Crippen LogP contribution in [-0.2, 0) is 16.0 Å². The summed E-state index contributed by atoms with van der Waals surface area (Å²) in [6.45, 7) is 3.73. The molecule has 0 unspecified atom stereocenters. The molecule has 4 rings (SSSR count). The Morgan fingerprint density at radius 1 is 1.06 bits per heavy atom. The molecule has 4 aromatic rings. The molecule has 0 fully saturated rings. The third-order valence-corrected chi connectivity index (χ3v) is 5.55. The Morgan fingerprint density at radius 2 is 1.81 bits per heavy atom. The minimum atomic E-state index is -0.573. The predicted octanol–water partition coefficient (Wildman–Crippen LogP) is 4.15. The number of carbonyl (C=O) groups excluding carboxylic acids is 2. The standard InChI is InChI=1S/C24H21NO6/c1-13-12-30-20-11-21-17(9-16(13)20)14(2)18(24(28)31-21)10-22(26)25(3)19-8-6-5-7-15(19)23(27)29-4/h5-9,11-12H,10H2,1-4H3. The zero-order valence-corrected chi connectivity index (χ0v) is 17.6. The lowest BCUT2D eigenvalue weighted by Gasteiger charge is -2.20. The maximum absolute atomic E-state index is 13.0. The second-order valence-corrected chi connectivity index (χ2v) is 7.39. The van der Waals surface area contributed by atoms with Crippen molar-refractivity contribution in [1.29, 1.82) is 0 Å². The number of furan rings is 1. The quantitative estimate of drug-likeness (QED) is 0.365. The summed E-state index contributed by atoms with van der Waals surface area (Å²) in [5, 5.41) is 1.67. The molecule has 0 bridgehead atoms. The van der Waals surface area contributed by atoms with Gasteiger partial charge in [-0.2, -0.15) is 0 Å². The lowest BCUT2D eigenvalue weighted by molar-refractivity contribution is -0.117. The number of esters is 1. The largest absolute Gasteiger partial charge is 0.465 e. The summed E-state index contributed by atoms with van der Waals surface area (Å²) in [6.07, 6.45) is 1.48. The van der Waals surface area contributed by atoms with Crippen molar-refractivity contribution in [3.05, 3.63) is 75.3 Å². The highest BCUT2D eigenvalue weighted by molar-refractivity contribution is 6.03. The molecule has 0 N–H and O–H groups in total. The molecule has 158 valence electrons. The van der Waals surface area contributed by atoms with Crippen molar-refractivity contribution in [2.75, 3.05) is 19.1 Å². The van der Waals surface area contributed by atoms with Gasteiger partial charge in [-0.3, -0.25) is 4.79 Å². The van der Waals surface area contributed by atoms with Crippen LogP contribution < -0.4 is 10.5 Å². The second-order valence-electron chi connectivity index (χ2n) is 7.39. The number of methoxy groups -OCH3 is 1. The smallest absolute Gasteiger partial charge is 0.340 e. The first-order valence-corrected chi connectivity index (χ1v) is 9.70. The van der Waals surface area contributed by atoms with E-state index in [9.17, 15) is 14.4 Å². The molecule has 7 nitrogen and oxygen atoms in total. The maximum atomic E-state index is 13.0. The Balaban J connectivity index is 1.74. The Morgan fingerprint density at radius 3 is 2.55 bits per heavy atom. The van der Waals surface area contributed by atoms with Gasteiger partial charge in [0, 0.05) is 23.9 Å². The Labute approximate surface area is 177 Å². The summed E-state index contributed by atoms with van der Waals surface area (Å²) < 4.78 is 15.8. The highest BCUT2D eigenvalue weighted by atomic mass is 16.5. The van der Waals surface area contributed by atoms with Crippen molar-refractivity contribution in [2.24, 2.45) is 0 Å². The highest BCUT2D eigenvalue weighted by Crippen LogP contribution is 2.29. The van der Waals surface area contributed by atoms with Gasteiger partial charge in [-0.1, -0.05) is 12.1 Å². The lowest BCUT2D eigenvalue weighted by Crippen LogP contribution is -2.31. The number of anilines is 1. The van der Waals surface area contributed by atoms with Gasteiger partial charge in [0.15, 0.2) is 0 Å². The number of para-hydroxylation sites is 1. The summed E-state index contributed by atoms with van der Waals surface area (Å²) in [4.78, 5) is 39.1. The van der Waals surface area contributed by atoms with E-state index in [0.29, 0.717) is 22.4 Å². The van der Waals surface area contributed by atoms with E-state index in [2.05, 4.69) is 0 Å². The van der Waals surface area contributed by atoms with Crippen molar-refractivity contribution in [3.8, 4) is 0 Å². The number of fused-ring (bicyclic) bond motifs is 2. The maximum Gasteiger partial charge on any atom is 0.340 e. The zero-order chi connectivity index (χ0) is 22.3. The summed E-state index contributed by atoms with van der Waals surface area (Å²) >= 11 is 0. The number of benzene rings is 2. The van der Waals surface area contributed by atoms with Crippen LogP contribution in [0, 0.1) is 13.8 Å². The SMILES string of the molecule is COC(=O)c1ccccc1N(C)C(=O)Cc1c(C)c2cc3c(C)coc3cc2oc1=O. The van der Waals surface area contributed by atoms with Gasteiger partial charge in [-0.15, -0.1) is 0 Å². The minimum absolute atomic E-state index is 0.168. The number of hydrogen-bond acceptors (Lipinski definition) is 6. The van der Waals surface area contributed by atoms with Gasteiger partial charge in [-0.25, -0.2) is 9.59 Å². The Kier molecular flexibility index (Phi) is 5.10. The van der Waals surface area contributed by atoms with E-state index < -0.39 is 11.6 Å². The van der Waals surface area contributed by atoms with E-state index in [1.807, 2.05) is 13.0 Å². The van der Waals surface area contributed by atoms with Crippen LogP contribution in [0.4, 0.5) is 5.69 Å². The van der Waals surface area contributed by atoms with Crippen molar-refractivity contribution < 1.29 is 23.2 Å². The van der Waals surface area contributed by atoms with Crippen molar-refractivity contribution in [1.82, 2.24) is 0 Å². The molecular weight excluding hydrogens is 398 g/mol. The molecule has 0 saturated carbocycles. The number of likely N-dealkylation sites (N-methyl/N-ethyl adjacent to an activating group) is 1. The molecule has 0 spiro atoms. The fourth-order valence-electron chi connectivity index (χ4n) is 3.69. The van der Waals surface area contributed by atoms with Crippen LogP contribution in [0.25, 0.3) is 21.9 Å². The summed E-state index contributed by atoms with van der Waals surface area (Å²) in [6, 6.07) is 10.2. The van der Waals surface area contributed by atoms with E-state index in [4.69, 9.17) is 13.6 Å². The molecule has 2 heterocycles. The molecule has 0 radical (unpaired) electrons. The minimum Gasteiger partial charge on any atom is -0.465 e. The zero-order valence-electron chi connectivity index (χ0n) is 17.6. The molecule has 2 aromatic carbocycles. The lowest BCUT2D eigenvalue weighted by atomic mass is 10.0. The number of aryl methyl sites for hydroxylation is 2. The monoisotopic (exact) mass is 419 g/mol. The van der Waals surface area contributed by atoms with Crippen LogP contribution in [0.15, 0.2) is 56.3 Å². The normalized spacial score (nSPS) is 11.1. The van der Waals surface area contributed by atoms with Crippen molar-refractivity contribution >= 4 is 39.5 Å². The topological polar surface area (TPSA) is 90.0 Å². The number of rotatable bonds is 4. The van der Waals surface area contributed by atoms with Crippen molar-refractivity contribution in [2.45, 2.75) is 20.3 Å². The summed E-state index contributed by atoms with van der Waals surface area (Å²) in [5.41, 5.74) is 3.06. The second kappa shape index (κ2) is 7.75. The number of hydrogen-bond donors (Lipinski definition) is 0. The summed E-state index contributed by atoms with van der Waals surface area (Å²) in [5.74, 6) is -0.900. The first kappa shape index (κ1) is 20.4. The molecule has 0 aliphatic heterocycles. The van der Waals surface area contributed by atoms with E-state index in [1.54, 1.807) is 50.6 Å². The third kappa shape index (κ3) is 3.48. The molecule has 0 aliphatic rings. The molecule has 0 aliphatic carbocycles. The van der Waals surface area contributed by atoms with Gasteiger partial charge in [-0.05, 0) is 43.2 Å². The number of amides is 1. The van der Waals surface area contributed by atoms with Crippen LogP contribution in [0.3, 0.4) is 0 Å². The van der Waals surface area contributed by atoms with E-state index in [-0.39, 0.29) is 23.5 Å². The average molecular weight is 419 g/mol. The molecule has 2 aromatic heterocycles. The van der Waals surface area contributed by atoms with Crippen LogP contribution in [0.5, 0.6) is 0 Å². The van der Waals surface area contributed by atoms with Crippen LogP contribution >= 0.6 is 0 Å². The Hall–Kier alpha value is -3.87. The number of carbonyl (C=O) groups is 2. The van der Waals surface area contributed by atoms with Gasteiger partial charge in [0.25, 0.3) is 0 Å². The molecule has 7 heteroatoms.